The first kappa shape index (κ1) is 9.96. The van der Waals surface area contributed by atoms with Gasteiger partial charge in [0.2, 0.25) is 0 Å². The van der Waals surface area contributed by atoms with Crippen molar-refractivity contribution >= 4 is 5.78 Å². The molecule has 1 aliphatic carbocycles. The number of rotatable bonds is 0. The average molecular weight is 208 g/mol. The van der Waals surface area contributed by atoms with Gasteiger partial charge in [0.1, 0.15) is 5.78 Å². The van der Waals surface area contributed by atoms with E-state index >= 15 is 0 Å². The van der Waals surface area contributed by atoms with Crippen molar-refractivity contribution in [1.82, 2.24) is 0 Å². The monoisotopic (exact) mass is 208 g/mol. The van der Waals surface area contributed by atoms with E-state index in [1.807, 2.05) is 0 Å². The van der Waals surface area contributed by atoms with Crippen LogP contribution in [0.2, 0.25) is 0 Å². The molecular weight excluding hydrogens is 197 g/mol. The Morgan fingerprint density at radius 1 is 1.36 bits per heavy atom. The van der Waals surface area contributed by atoms with Crippen molar-refractivity contribution in [3.8, 4) is 0 Å². The molecule has 0 amide bonds. The first-order valence-corrected chi connectivity index (χ1v) is 4.69. The minimum absolute atomic E-state index is 0.0418. The Morgan fingerprint density at radius 2 is 2.07 bits per heavy atom. The van der Waals surface area contributed by atoms with Crippen molar-refractivity contribution in [1.29, 1.82) is 0 Å². The van der Waals surface area contributed by atoms with Crippen molar-refractivity contribution in [3.05, 3.63) is 0 Å². The molecule has 2 rings (SSSR count). The number of carbonyl (C=O) groups excluding carboxylic acids is 1. The van der Waals surface area contributed by atoms with E-state index in [1.54, 1.807) is 0 Å². The molecule has 0 aromatic carbocycles. The van der Waals surface area contributed by atoms with Crippen LogP contribution < -0.4 is 0 Å². The van der Waals surface area contributed by atoms with Gasteiger partial charge in [-0.2, -0.15) is 13.2 Å². The van der Waals surface area contributed by atoms with E-state index in [2.05, 4.69) is 0 Å². The Hall–Kier alpha value is -0.580. The molecule has 0 unspecified atom stereocenters. The minimum atomic E-state index is -4.26. The Bertz CT molecular complexity index is 249. The predicted molar refractivity (Wildman–Crippen MR) is 41.6 cm³/mol. The third-order valence-corrected chi connectivity index (χ3v) is 3.05. The number of hydrogen-bond acceptors (Lipinski definition) is 2. The molecule has 2 nitrogen and oxygen atoms in total. The number of fused-ring (bicyclic) bond motifs is 1. The lowest BCUT2D eigenvalue weighted by atomic mass is 9.78. The molecule has 1 aliphatic heterocycles. The van der Waals surface area contributed by atoms with Crippen LogP contribution in [-0.2, 0) is 9.53 Å². The lowest BCUT2D eigenvalue weighted by molar-refractivity contribution is -0.193. The van der Waals surface area contributed by atoms with Gasteiger partial charge in [-0.05, 0) is 12.8 Å². The van der Waals surface area contributed by atoms with E-state index in [0.29, 0.717) is 13.0 Å². The molecule has 0 aromatic rings. The lowest BCUT2D eigenvalue weighted by Crippen LogP contribution is -2.39. The van der Waals surface area contributed by atoms with Crippen LogP contribution in [0.1, 0.15) is 19.3 Å². The fraction of sp³-hybridized carbons (Fsp3) is 0.889. The van der Waals surface area contributed by atoms with E-state index in [1.165, 1.54) is 0 Å². The molecule has 1 heterocycles. The van der Waals surface area contributed by atoms with Gasteiger partial charge < -0.3 is 4.74 Å². The van der Waals surface area contributed by atoms with Crippen molar-refractivity contribution in [3.63, 3.8) is 0 Å². The van der Waals surface area contributed by atoms with E-state index in [9.17, 15) is 18.0 Å². The predicted octanol–water partition coefficient (Wildman–Crippen LogP) is 1.93. The van der Waals surface area contributed by atoms with Crippen LogP contribution in [0.25, 0.3) is 0 Å². The van der Waals surface area contributed by atoms with Crippen molar-refractivity contribution < 1.29 is 22.7 Å². The van der Waals surface area contributed by atoms with Gasteiger partial charge in [0.05, 0.1) is 12.0 Å². The molecule has 2 aliphatic rings. The fourth-order valence-electron chi connectivity index (χ4n) is 2.26. The van der Waals surface area contributed by atoms with E-state index < -0.39 is 18.2 Å². The first-order valence-electron chi connectivity index (χ1n) is 4.69. The van der Waals surface area contributed by atoms with Crippen LogP contribution in [-0.4, -0.2) is 24.7 Å². The molecule has 0 spiro atoms. The summed E-state index contributed by atoms with van der Waals surface area (Å²) in [7, 11) is 0. The molecule has 5 heteroatoms. The second kappa shape index (κ2) is 3.22. The van der Waals surface area contributed by atoms with Crippen LogP contribution in [0.5, 0.6) is 0 Å². The molecule has 1 saturated heterocycles. The summed E-state index contributed by atoms with van der Waals surface area (Å²) in [4.78, 5) is 11.4. The van der Waals surface area contributed by atoms with Crippen LogP contribution in [0.3, 0.4) is 0 Å². The van der Waals surface area contributed by atoms with Gasteiger partial charge in [-0.1, -0.05) is 0 Å². The number of hydrogen-bond donors (Lipinski definition) is 0. The summed E-state index contributed by atoms with van der Waals surface area (Å²) >= 11 is 0. The molecule has 0 aromatic heterocycles. The normalized spacial score (nSPS) is 38.5. The van der Waals surface area contributed by atoms with Gasteiger partial charge in [0.15, 0.2) is 0 Å². The lowest BCUT2D eigenvalue weighted by Gasteiger charge is -2.30. The molecule has 2 fully saturated rings. The summed E-state index contributed by atoms with van der Waals surface area (Å²) in [6.07, 6.45) is -4.54. The summed E-state index contributed by atoms with van der Waals surface area (Å²) in [5.74, 6) is -2.04. The summed E-state index contributed by atoms with van der Waals surface area (Å²) in [6.45, 7) is 0.422. The Labute approximate surface area is 79.4 Å². The highest BCUT2D eigenvalue weighted by Gasteiger charge is 2.49. The van der Waals surface area contributed by atoms with Crippen LogP contribution >= 0.6 is 0 Å². The maximum Gasteiger partial charge on any atom is 0.392 e. The largest absolute Gasteiger partial charge is 0.392 e. The number of halogens is 3. The van der Waals surface area contributed by atoms with Gasteiger partial charge in [0, 0.05) is 18.9 Å². The average Bonchev–Trinajstić information content (AvgIpc) is 2.50. The summed E-state index contributed by atoms with van der Waals surface area (Å²) in [5.41, 5.74) is 0. The molecule has 3 atom stereocenters. The highest BCUT2D eigenvalue weighted by atomic mass is 19.4. The first-order chi connectivity index (χ1) is 6.48. The second-order valence-electron chi connectivity index (χ2n) is 3.95. The molecule has 1 saturated carbocycles. The van der Waals surface area contributed by atoms with Gasteiger partial charge in [-0.15, -0.1) is 0 Å². The van der Waals surface area contributed by atoms with E-state index in [4.69, 9.17) is 4.74 Å². The topological polar surface area (TPSA) is 26.3 Å². The zero-order valence-corrected chi connectivity index (χ0v) is 7.51. The number of alkyl halides is 3. The number of ketones is 1. The highest BCUT2D eigenvalue weighted by Crippen LogP contribution is 2.42. The van der Waals surface area contributed by atoms with Crippen molar-refractivity contribution in [2.75, 3.05) is 6.61 Å². The van der Waals surface area contributed by atoms with E-state index in [-0.39, 0.29) is 24.5 Å². The van der Waals surface area contributed by atoms with Gasteiger partial charge in [-0.3, -0.25) is 4.79 Å². The Morgan fingerprint density at radius 3 is 2.71 bits per heavy atom. The zero-order valence-electron chi connectivity index (χ0n) is 7.51. The van der Waals surface area contributed by atoms with E-state index in [0.717, 1.165) is 0 Å². The molecule has 0 radical (unpaired) electrons. The maximum absolute atomic E-state index is 12.4. The fourth-order valence-corrected chi connectivity index (χ4v) is 2.26. The highest BCUT2D eigenvalue weighted by molar-refractivity contribution is 5.83. The quantitative estimate of drug-likeness (QED) is 0.608. The van der Waals surface area contributed by atoms with Crippen LogP contribution in [0.15, 0.2) is 0 Å². The minimum Gasteiger partial charge on any atom is -0.377 e. The Balaban J connectivity index is 2.10. The van der Waals surface area contributed by atoms with Gasteiger partial charge >= 0.3 is 6.18 Å². The molecule has 0 N–H and O–H groups in total. The zero-order chi connectivity index (χ0) is 10.3. The molecule has 80 valence electrons. The summed E-state index contributed by atoms with van der Waals surface area (Å²) in [6, 6.07) is 0. The third kappa shape index (κ3) is 1.65. The second-order valence-corrected chi connectivity index (χ2v) is 3.95. The van der Waals surface area contributed by atoms with Gasteiger partial charge in [0.25, 0.3) is 0 Å². The SMILES string of the molecule is O=C1C[C@@H](C(F)(F)F)C[C@H]2OCC[C@@H]12. The number of ether oxygens (including phenoxy) is 1. The van der Waals surface area contributed by atoms with Gasteiger partial charge in [-0.25, -0.2) is 0 Å². The van der Waals surface area contributed by atoms with Crippen LogP contribution in [0.4, 0.5) is 13.2 Å². The summed E-state index contributed by atoms with van der Waals surface area (Å²) < 4.78 is 42.2. The smallest absolute Gasteiger partial charge is 0.377 e. The van der Waals surface area contributed by atoms with Crippen molar-refractivity contribution in [2.24, 2.45) is 11.8 Å². The van der Waals surface area contributed by atoms with Crippen molar-refractivity contribution in [2.45, 2.75) is 31.5 Å². The third-order valence-electron chi connectivity index (χ3n) is 3.05. The van der Waals surface area contributed by atoms with Crippen LogP contribution in [0, 0.1) is 11.8 Å². The Kier molecular flexibility index (Phi) is 2.29. The summed E-state index contributed by atoms with van der Waals surface area (Å²) in [5, 5.41) is 0. The molecular formula is C9H11F3O2. The number of Topliss-reactive ketones (excluding diaryl/α,β-unsaturated/α-hetero) is 1. The molecule has 14 heavy (non-hydrogen) atoms. The maximum atomic E-state index is 12.4. The molecule has 0 bridgehead atoms. The number of carbonyl (C=O) groups is 1. The standard InChI is InChI=1S/C9H11F3O2/c10-9(11,12)5-3-7(13)6-1-2-14-8(6)4-5/h5-6,8H,1-4H2/t5-,6+,8-/m1/s1.